The van der Waals surface area contributed by atoms with Crippen LogP contribution in [0.25, 0.3) is 0 Å². The van der Waals surface area contributed by atoms with Gasteiger partial charge in [0, 0.05) is 30.2 Å². The van der Waals surface area contributed by atoms with E-state index in [9.17, 15) is 14.2 Å². The summed E-state index contributed by atoms with van der Waals surface area (Å²) in [6, 6.07) is 1.93. The molecular formula is C23H38NO5PS. The number of esters is 1. The zero-order valence-electron chi connectivity index (χ0n) is 20.0. The summed E-state index contributed by atoms with van der Waals surface area (Å²) >= 11 is 1.37. The first-order valence-electron chi connectivity index (χ1n) is 11.1. The van der Waals surface area contributed by atoms with Crippen molar-refractivity contribution in [2.75, 3.05) is 38.0 Å². The number of carbonyl (C=O) groups excluding carboxylic acids is 2. The Kier molecular flexibility index (Phi) is 8.95. The predicted octanol–water partition coefficient (Wildman–Crippen LogP) is 5.94. The van der Waals surface area contributed by atoms with Gasteiger partial charge in [0.05, 0.1) is 19.4 Å². The van der Waals surface area contributed by atoms with Crippen LogP contribution in [0.2, 0.25) is 0 Å². The zero-order chi connectivity index (χ0) is 23.4. The Balaban J connectivity index is 2.45. The number of anilines is 1. The van der Waals surface area contributed by atoms with Gasteiger partial charge in [-0.2, -0.15) is 0 Å². The van der Waals surface area contributed by atoms with E-state index in [1.165, 1.54) is 18.4 Å². The van der Waals surface area contributed by atoms with Crippen molar-refractivity contribution in [3.63, 3.8) is 0 Å². The molecule has 1 aromatic rings. The Morgan fingerprint density at radius 3 is 2.35 bits per heavy atom. The highest BCUT2D eigenvalue weighted by atomic mass is 32.1. The molecule has 1 fully saturated rings. The number of rotatable bonds is 8. The lowest BCUT2D eigenvalue weighted by atomic mass is 9.82. The normalized spacial score (nSPS) is 21.4. The van der Waals surface area contributed by atoms with Crippen LogP contribution < -0.4 is 4.90 Å². The van der Waals surface area contributed by atoms with Crippen LogP contribution in [0.4, 0.5) is 5.69 Å². The zero-order valence-corrected chi connectivity index (χ0v) is 21.7. The minimum Gasteiger partial charge on any atom is -0.465 e. The summed E-state index contributed by atoms with van der Waals surface area (Å²) in [7, 11) is -1.48. The largest absolute Gasteiger partial charge is 0.465 e. The summed E-state index contributed by atoms with van der Waals surface area (Å²) in [4.78, 5) is 29.3. The number of ether oxygens (including phenoxy) is 1. The van der Waals surface area contributed by atoms with Gasteiger partial charge in [-0.05, 0) is 50.0 Å². The molecule has 2 rings (SSSR count). The van der Waals surface area contributed by atoms with Crippen LogP contribution in [0, 0.1) is 11.8 Å². The average Bonchev–Trinajstić information content (AvgIpc) is 3.13. The first kappa shape index (κ1) is 26.1. The number of methoxy groups -OCH3 is 1. The Bertz CT molecular complexity index is 820. The number of thiophene rings is 1. The van der Waals surface area contributed by atoms with Gasteiger partial charge >= 0.3 is 5.97 Å². The third-order valence-corrected chi connectivity index (χ3v) is 9.22. The highest BCUT2D eigenvalue weighted by Gasteiger charge is 2.34. The van der Waals surface area contributed by atoms with Gasteiger partial charge < -0.3 is 14.2 Å². The minimum atomic E-state index is -2.83. The fourth-order valence-electron chi connectivity index (χ4n) is 3.89. The van der Waals surface area contributed by atoms with E-state index in [2.05, 4.69) is 27.7 Å². The lowest BCUT2D eigenvalue weighted by molar-refractivity contribution is -0.123. The van der Waals surface area contributed by atoms with Crippen molar-refractivity contribution in [3.8, 4) is 0 Å². The van der Waals surface area contributed by atoms with Gasteiger partial charge in [-0.15, -0.1) is 11.3 Å². The summed E-state index contributed by atoms with van der Waals surface area (Å²) < 4.78 is 23.3. The van der Waals surface area contributed by atoms with Crippen LogP contribution in [0.1, 0.15) is 74.9 Å². The Morgan fingerprint density at radius 1 is 1.23 bits per heavy atom. The SMILES string of the molecule is CCOP(C)(=O)CCN(c1cc(C(C)(C)C)sc1C(=O)OC)C(=O)[C@H]1CC[C@H](C)CC1. The van der Waals surface area contributed by atoms with Crippen molar-refractivity contribution in [2.24, 2.45) is 11.8 Å². The Labute approximate surface area is 191 Å². The lowest BCUT2D eigenvalue weighted by Gasteiger charge is -2.31. The average molecular weight is 472 g/mol. The van der Waals surface area contributed by atoms with E-state index < -0.39 is 13.3 Å². The first-order chi connectivity index (χ1) is 14.4. The molecule has 0 bridgehead atoms. The lowest BCUT2D eigenvalue weighted by Crippen LogP contribution is -2.40. The van der Waals surface area contributed by atoms with Gasteiger partial charge in [0.2, 0.25) is 13.3 Å². The van der Waals surface area contributed by atoms with Gasteiger partial charge in [-0.1, -0.05) is 27.7 Å². The van der Waals surface area contributed by atoms with Crippen molar-refractivity contribution in [1.82, 2.24) is 0 Å². The molecule has 1 heterocycles. The molecule has 1 aliphatic rings. The monoisotopic (exact) mass is 471 g/mol. The van der Waals surface area contributed by atoms with Crippen LogP contribution >= 0.6 is 18.7 Å². The molecule has 8 heteroatoms. The van der Waals surface area contributed by atoms with Gasteiger partial charge in [-0.25, -0.2) is 4.79 Å². The van der Waals surface area contributed by atoms with Crippen molar-refractivity contribution in [2.45, 2.75) is 65.7 Å². The Hall–Kier alpha value is -1.17. The molecule has 0 spiro atoms. The molecule has 1 unspecified atom stereocenters. The van der Waals surface area contributed by atoms with Crippen LogP contribution in [-0.4, -0.2) is 45.0 Å². The van der Waals surface area contributed by atoms with E-state index in [-0.39, 0.29) is 29.9 Å². The first-order valence-corrected chi connectivity index (χ1v) is 14.2. The standard InChI is InChI=1S/C23H38NO5PS/c1-8-29-30(7,27)14-13-24(21(25)17-11-9-16(2)10-12-17)18-15-19(23(3,4)5)31-20(18)22(26)28-6/h15-17H,8-14H2,1-7H3/t16-,17-,30?. The van der Waals surface area contributed by atoms with Gasteiger partial charge in [0.15, 0.2) is 0 Å². The second-order valence-electron chi connectivity index (χ2n) is 9.67. The summed E-state index contributed by atoms with van der Waals surface area (Å²) in [6.45, 7) is 12.5. The van der Waals surface area contributed by atoms with E-state index in [1.807, 2.05) is 13.0 Å². The van der Waals surface area contributed by atoms with E-state index in [4.69, 9.17) is 9.26 Å². The second-order valence-corrected chi connectivity index (χ2v) is 13.5. The van der Waals surface area contributed by atoms with Gasteiger partial charge in [-0.3, -0.25) is 9.36 Å². The van der Waals surface area contributed by atoms with Crippen molar-refractivity contribution < 1.29 is 23.4 Å². The fourth-order valence-corrected chi connectivity index (χ4v) is 6.26. The molecule has 0 saturated heterocycles. The van der Waals surface area contributed by atoms with E-state index >= 15 is 0 Å². The van der Waals surface area contributed by atoms with Gasteiger partial charge in [0.1, 0.15) is 4.88 Å². The molecule has 1 amide bonds. The summed E-state index contributed by atoms with van der Waals surface area (Å²) in [5, 5.41) is 0. The quantitative estimate of drug-likeness (QED) is 0.347. The second kappa shape index (κ2) is 10.6. The number of hydrogen-bond donors (Lipinski definition) is 0. The smallest absolute Gasteiger partial charge is 0.350 e. The molecule has 31 heavy (non-hydrogen) atoms. The molecule has 1 aliphatic carbocycles. The summed E-state index contributed by atoms with van der Waals surface area (Å²) in [5.74, 6) is 0.107. The molecule has 0 aliphatic heterocycles. The topological polar surface area (TPSA) is 72.9 Å². The molecule has 6 nitrogen and oxygen atoms in total. The van der Waals surface area contributed by atoms with Crippen LogP contribution in [0.15, 0.2) is 6.07 Å². The van der Waals surface area contributed by atoms with Gasteiger partial charge in [0.25, 0.3) is 0 Å². The maximum Gasteiger partial charge on any atom is 0.350 e. The van der Waals surface area contributed by atoms with E-state index in [0.717, 1.165) is 30.6 Å². The number of nitrogens with zero attached hydrogens (tertiary/aromatic N) is 1. The number of carbonyl (C=O) groups is 2. The minimum absolute atomic E-state index is 0.00631. The van der Waals surface area contributed by atoms with Crippen molar-refractivity contribution >= 4 is 36.3 Å². The number of hydrogen-bond acceptors (Lipinski definition) is 6. The third kappa shape index (κ3) is 6.90. The molecular weight excluding hydrogens is 433 g/mol. The summed E-state index contributed by atoms with van der Waals surface area (Å²) in [5.41, 5.74) is 0.397. The van der Waals surface area contributed by atoms with E-state index in [0.29, 0.717) is 23.1 Å². The van der Waals surface area contributed by atoms with Crippen LogP contribution in [0.3, 0.4) is 0 Å². The molecule has 0 radical (unpaired) electrons. The number of amides is 1. The maximum absolute atomic E-state index is 13.7. The predicted molar refractivity (Wildman–Crippen MR) is 128 cm³/mol. The third-order valence-electron chi connectivity index (χ3n) is 5.88. The molecule has 1 saturated carbocycles. The highest BCUT2D eigenvalue weighted by molar-refractivity contribution is 7.58. The maximum atomic E-state index is 13.7. The Morgan fingerprint density at radius 2 is 1.84 bits per heavy atom. The summed E-state index contributed by atoms with van der Waals surface area (Å²) in [6.07, 6.45) is 3.98. The van der Waals surface area contributed by atoms with E-state index in [1.54, 1.807) is 11.6 Å². The molecule has 1 atom stereocenters. The van der Waals surface area contributed by atoms with Crippen LogP contribution in [0.5, 0.6) is 0 Å². The molecule has 0 N–H and O–H groups in total. The molecule has 176 valence electrons. The molecule has 0 aromatic carbocycles. The van der Waals surface area contributed by atoms with Crippen molar-refractivity contribution in [1.29, 1.82) is 0 Å². The van der Waals surface area contributed by atoms with Crippen molar-refractivity contribution in [3.05, 3.63) is 15.8 Å². The highest BCUT2D eigenvalue weighted by Crippen LogP contribution is 2.44. The van der Waals surface area contributed by atoms with Crippen LogP contribution in [-0.2, 0) is 24.0 Å². The molecule has 1 aromatic heterocycles. The fraction of sp³-hybridized carbons (Fsp3) is 0.739.